The second-order valence-corrected chi connectivity index (χ2v) is 7.40. The van der Waals surface area contributed by atoms with Crippen LogP contribution in [0, 0.1) is 23.6 Å². The van der Waals surface area contributed by atoms with Crippen LogP contribution in [0.15, 0.2) is 27.5 Å². The molecule has 0 radical (unpaired) electrons. The van der Waals surface area contributed by atoms with E-state index < -0.39 is 17.7 Å². The first kappa shape index (κ1) is 16.5. The lowest BCUT2D eigenvalue weighted by Gasteiger charge is -2.47. The van der Waals surface area contributed by atoms with Gasteiger partial charge in [-0.3, -0.25) is 4.79 Å². The van der Waals surface area contributed by atoms with Crippen LogP contribution in [0.3, 0.4) is 0 Å². The van der Waals surface area contributed by atoms with Crippen molar-refractivity contribution < 1.29 is 18.7 Å². The van der Waals surface area contributed by atoms with E-state index in [0.29, 0.717) is 5.76 Å². The Hall–Kier alpha value is -1.96. The molecule has 2 atom stereocenters. The Morgan fingerprint density at radius 1 is 1.28 bits per heavy atom. The fraction of sp³-hybridized carbons (Fsp3) is 0.471. The highest BCUT2D eigenvalue weighted by Gasteiger charge is 2.47. The van der Waals surface area contributed by atoms with Crippen LogP contribution >= 0.6 is 15.9 Å². The first-order chi connectivity index (χ1) is 12.0. The van der Waals surface area contributed by atoms with Crippen LogP contribution in [0.4, 0.5) is 10.2 Å². The predicted octanol–water partition coefficient (Wildman–Crippen LogP) is 3.94. The fourth-order valence-corrected chi connectivity index (χ4v) is 4.62. The predicted molar refractivity (Wildman–Crippen MR) is 91.4 cm³/mol. The van der Waals surface area contributed by atoms with Gasteiger partial charge in [-0.05, 0) is 65.6 Å². The molecule has 8 heteroatoms. The number of carboxylic acid groups (broad SMARTS) is 1. The maximum atomic E-state index is 14.9. The summed E-state index contributed by atoms with van der Waals surface area (Å²) in [6.45, 7) is 0. The molecule has 3 fully saturated rings. The van der Waals surface area contributed by atoms with Gasteiger partial charge in [0.2, 0.25) is 0 Å². The van der Waals surface area contributed by atoms with Crippen molar-refractivity contribution >= 4 is 27.7 Å². The number of aliphatic carboxylic acids is 1. The zero-order chi connectivity index (χ0) is 17.6. The second kappa shape index (κ2) is 6.40. The van der Waals surface area contributed by atoms with Gasteiger partial charge in [-0.15, -0.1) is 0 Å². The van der Waals surface area contributed by atoms with Gasteiger partial charge in [0.25, 0.3) is 0 Å². The smallest absolute Gasteiger partial charge is 0.308 e. The topological polar surface area (TPSA) is 88.2 Å². The second-order valence-electron chi connectivity index (χ2n) is 6.69. The molecule has 2 heterocycles. The Bertz CT molecular complexity index is 791. The molecule has 2 N–H and O–H groups in total. The summed E-state index contributed by atoms with van der Waals surface area (Å²) < 4.78 is 20.4. The number of halogens is 2. The summed E-state index contributed by atoms with van der Waals surface area (Å²) in [5.74, 6) is -1.33. The Balaban J connectivity index is 1.69. The van der Waals surface area contributed by atoms with E-state index in [-0.39, 0.29) is 34.1 Å². The van der Waals surface area contributed by atoms with Gasteiger partial charge in [-0.25, -0.2) is 14.4 Å². The van der Waals surface area contributed by atoms with Crippen molar-refractivity contribution in [1.29, 1.82) is 0 Å². The molecule has 0 amide bonds. The minimum Gasteiger partial charge on any atom is -0.481 e. The molecule has 2 aromatic rings. The van der Waals surface area contributed by atoms with E-state index in [1.165, 1.54) is 6.26 Å². The summed E-state index contributed by atoms with van der Waals surface area (Å²) in [5.41, 5.74) is 0.0437. The molecule has 0 saturated heterocycles. The summed E-state index contributed by atoms with van der Waals surface area (Å²) >= 11 is 3.20. The lowest BCUT2D eigenvalue weighted by molar-refractivity contribution is -0.148. The molecule has 6 nitrogen and oxygen atoms in total. The quantitative estimate of drug-likeness (QED) is 0.743. The van der Waals surface area contributed by atoms with Crippen molar-refractivity contribution in [2.24, 2.45) is 17.8 Å². The number of nitrogens with one attached hydrogen (secondary N) is 1. The minimum atomic E-state index is -0.827. The number of carbonyl (C=O) groups is 1. The summed E-state index contributed by atoms with van der Waals surface area (Å²) in [6, 6.07) is 2.94. The number of anilines is 1. The third-order valence-corrected chi connectivity index (χ3v) is 5.74. The van der Waals surface area contributed by atoms with Gasteiger partial charge < -0.3 is 14.8 Å². The van der Waals surface area contributed by atoms with Gasteiger partial charge in [0.1, 0.15) is 5.69 Å². The van der Waals surface area contributed by atoms with E-state index in [1.54, 1.807) is 12.1 Å². The van der Waals surface area contributed by atoms with Gasteiger partial charge in [0, 0.05) is 6.04 Å². The molecule has 2 unspecified atom stereocenters. The molecular formula is C17H17BrFN3O3. The molecule has 3 saturated carbocycles. The Labute approximate surface area is 152 Å². The van der Waals surface area contributed by atoms with Crippen LogP contribution in [-0.2, 0) is 4.79 Å². The molecule has 0 aromatic carbocycles. The molecule has 2 bridgehead atoms. The van der Waals surface area contributed by atoms with E-state index in [0.717, 1.165) is 25.7 Å². The lowest BCUT2D eigenvalue weighted by Crippen LogP contribution is -2.51. The van der Waals surface area contributed by atoms with E-state index >= 15 is 0 Å². The maximum absolute atomic E-state index is 14.9. The number of hydrogen-bond donors (Lipinski definition) is 2. The minimum absolute atomic E-state index is 0.0112. The van der Waals surface area contributed by atoms with E-state index in [9.17, 15) is 14.3 Å². The third-order valence-electron chi connectivity index (χ3n) is 5.39. The van der Waals surface area contributed by atoms with E-state index in [1.807, 2.05) is 0 Å². The molecule has 3 aliphatic carbocycles. The number of furan rings is 1. The summed E-state index contributed by atoms with van der Waals surface area (Å²) in [6.07, 6.45) is 5.22. The highest BCUT2D eigenvalue weighted by Crippen LogP contribution is 2.46. The molecule has 3 aliphatic rings. The van der Waals surface area contributed by atoms with Crippen LogP contribution in [0.5, 0.6) is 0 Å². The number of nitrogens with zero attached hydrogens (tertiary/aromatic N) is 2. The van der Waals surface area contributed by atoms with Crippen LogP contribution in [0.2, 0.25) is 0 Å². The number of fused-ring (bicyclic) bond motifs is 3. The normalized spacial score (nSPS) is 28.1. The third kappa shape index (κ3) is 2.92. The lowest BCUT2D eigenvalue weighted by atomic mass is 9.61. The zero-order valence-electron chi connectivity index (χ0n) is 13.3. The first-order valence-electron chi connectivity index (χ1n) is 8.31. The van der Waals surface area contributed by atoms with Crippen molar-refractivity contribution in [2.45, 2.75) is 31.7 Å². The average molecular weight is 410 g/mol. The van der Waals surface area contributed by atoms with Gasteiger partial charge in [0.05, 0.1) is 12.2 Å². The van der Waals surface area contributed by atoms with Crippen molar-refractivity contribution in [3.63, 3.8) is 0 Å². The van der Waals surface area contributed by atoms with Crippen LogP contribution in [0.1, 0.15) is 25.7 Å². The van der Waals surface area contributed by atoms with Crippen molar-refractivity contribution in [1.82, 2.24) is 9.97 Å². The molecule has 25 heavy (non-hydrogen) atoms. The van der Waals surface area contributed by atoms with Crippen molar-refractivity contribution in [3.8, 4) is 11.5 Å². The van der Waals surface area contributed by atoms with Crippen molar-refractivity contribution in [2.75, 3.05) is 5.32 Å². The maximum Gasteiger partial charge on any atom is 0.308 e. The molecule has 0 aliphatic heterocycles. The number of aromatic nitrogens is 2. The molecular weight excluding hydrogens is 393 g/mol. The average Bonchev–Trinajstić information content (AvgIpc) is 3.12. The van der Waals surface area contributed by atoms with Crippen LogP contribution in [0.25, 0.3) is 11.5 Å². The number of hydrogen-bond acceptors (Lipinski definition) is 5. The zero-order valence-corrected chi connectivity index (χ0v) is 14.9. The Morgan fingerprint density at radius 2 is 2.00 bits per heavy atom. The standard InChI is InChI=1S/C17H17BrFN3O3/c18-17-21-14(10-2-1-7-25-10)12(19)15(22-17)20-13-9-5-3-8(4-6-9)11(13)16(23)24/h1-2,7-9,11,13H,3-6H2,(H,23,24)(H,20,21,22). The summed E-state index contributed by atoms with van der Waals surface area (Å²) in [5, 5.41) is 12.7. The van der Waals surface area contributed by atoms with Gasteiger partial charge in [-0.1, -0.05) is 0 Å². The Morgan fingerprint density at radius 3 is 2.64 bits per heavy atom. The highest BCUT2D eigenvalue weighted by atomic mass is 79.9. The molecule has 5 rings (SSSR count). The SMILES string of the molecule is O=C(O)C1C2CCC(CC2)C1Nc1nc(Br)nc(-c2ccco2)c1F. The Kier molecular flexibility index (Phi) is 4.23. The molecule has 2 aromatic heterocycles. The van der Waals surface area contributed by atoms with Crippen LogP contribution < -0.4 is 5.32 Å². The summed E-state index contributed by atoms with van der Waals surface area (Å²) in [4.78, 5) is 19.9. The molecule has 0 spiro atoms. The van der Waals surface area contributed by atoms with E-state index in [2.05, 4.69) is 31.2 Å². The first-order valence-corrected chi connectivity index (χ1v) is 9.10. The molecule has 132 valence electrons. The largest absolute Gasteiger partial charge is 0.481 e. The van der Waals surface area contributed by atoms with Crippen molar-refractivity contribution in [3.05, 3.63) is 28.9 Å². The highest BCUT2D eigenvalue weighted by molar-refractivity contribution is 9.10. The number of carboxylic acids is 1. The van der Waals surface area contributed by atoms with Gasteiger partial charge >= 0.3 is 5.97 Å². The summed E-state index contributed by atoms with van der Waals surface area (Å²) in [7, 11) is 0. The van der Waals surface area contributed by atoms with Gasteiger partial charge in [-0.2, -0.15) is 0 Å². The van der Waals surface area contributed by atoms with Crippen LogP contribution in [-0.4, -0.2) is 27.1 Å². The fourth-order valence-electron chi connectivity index (χ4n) is 4.26. The van der Waals surface area contributed by atoms with Gasteiger partial charge in [0.15, 0.2) is 22.1 Å². The number of rotatable bonds is 4. The van der Waals surface area contributed by atoms with E-state index in [4.69, 9.17) is 4.42 Å². The monoisotopic (exact) mass is 409 g/mol.